The first-order valence-corrected chi connectivity index (χ1v) is 11.0. The molecule has 150 valence electrons. The predicted octanol–water partition coefficient (Wildman–Crippen LogP) is 3.81. The van der Waals surface area contributed by atoms with Crippen LogP contribution in [0.1, 0.15) is 27.9 Å². The number of rotatable bonds is 7. The minimum atomic E-state index is -0.535. The molecular formula is C23H25N3O2S. The Morgan fingerprint density at radius 3 is 2.90 bits per heavy atom. The van der Waals surface area contributed by atoms with Crippen molar-refractivity contribution < 1.29 is 10.0 Å². The fourth-order valence-electron chi connectivity index (χ4n) is 3.77. The Morgan fingerprint density at radius 2 is 2.07 bits per heavy atom. The van der Waals surface area contributed by atoms with Crippen LogP contribution in [0.2, 0.25) is 0 Å². The lowest BCUT2D eigenvalue weighted by Gasteiger charge is -2.10. The first kappa shape index (κ1) is 19.8. The van der Waals surface area contributed by atoms with Gasteiger partial charge >= 0.3 is 0 Å². The third-order valence-electron chi connectivity index (χ3n) is 5.28. The molecule has 3 aromatic rings. The van der Waals surface area contributed by atoms with Gasteiger partial charge in [0.25, 0.3) is 5.91 Å². The fourth-order valence-corrected chi connectivity index (χ4v) is 4.71. The zero-order chi connectivity index (χ0) is 20.1. The molecule has 0 unspecified atom stereocenters. The zero-order valence-electron chi connectivity index (χ0n) is 16.2. The summed E-state index contributed by atoms with van der Waals surface area (Å²) in [5, 5.41) is 13.4. The van der Waals surface area contributed by atoms with E-state index in [9.17, 15) is 4.79 Å². The Morgan fingerprint density at radius 1 is 1.21 bits per heavy atom. The summed E-state index contributed by atoms with van der Waals surface area (Å²) in [5.74, 6) is 1.78. The van der Waals surface area contributed by atoms with E-state index in [0.717, 1.165) is 37.2 Å². The van der Waals surface area contributed by atoms with Crippen LogP contribution >= 0.6 is 11.8 Å². The molecule has 0 saturated heterocycles. The van der Waals surface area contributed by atoms with Crippen LogP contribution in [-0.4, -0.2) is 28.4 Å². The monoisotopic (exact) mass is 407 g/mol. The summed E-state index contributed by atoms with van der Waals surface area (Å²) >= 11 is 2.01. The van der Waals surface area contributed by atoms with Crippen molar-refractivity contribution in [3.63, 3.8) is 0 Å². The van der Waals surface area contributed by atoms with E-state index >= 15 is 0 Å². The Kier molecular flexibility index (Phi) is 6.34. The number of carbonyl (C=O) groups is 1. The van der Waals surface area contributed by atoms with Crippen LogP contribution in [0.25, 0.3) is 17.0 Å². The highest BCUT2D eigenvalue weighted by atomic mass is 32.2. The summed E-state index contributed by atoms with van der Waals surface area (Å²) in [7, 11) is 0. The summed E-state index contributed by atoms with van der Waals surface area (Å²) in [6.45, 7) is 1.71. The molecule has 1 aliphatic rings. The topological polar surface area (TPSA) is 77.2 Å². The molecule has 2 aromatic carbocycles. The van der Waals surface area contributed by atoms with Gasteiger partial charge < -0.3 is 10.3 Å². The number of hydrogen-bond acceptors (Lipinski definition) is 4. The molecule has 1 amide bonds. The van der Waals surface area contributed by atoms with Gasteiger partial charge in [0.05, 0.1) is 0 Å². The largest absolute Gasteiger partial charge is 0.357 e. The van der Waals surface area contributed by atoms with Gasteiger partial charge in [-0.3, -0.25) is 10.0 Å². The average molecular weight is 408 g/mol. The maximum absolute atomic E-state index is 11.0. The van der Waals surface area contributed by atoms with E-state index in [1.165, 1.54) is 45.1 Å². The number of benzene rings is 2. The highest BCUT2D eigenvalue weighted by Crippen LogP contribution is 2.32. The molecule has 2 heterocycles. The first-order chi connectivity index (χ1) is 14.2. The SMILES string of the molecule is O=C(/C=C/c1ccc(CNCCc2cccc3c4c([nH]c23)CSCC4)cc1)NO. The zero-order valence-corrected chi connectivity index (χ0v) is 17.0. The van der Waals surface area contributed by atoms with E-state index < -0.39 is 5.91 Å². The lowest BCUT2D eigenvalue weighted by Crippen LogP contribution is -2.16. The van der Waals surface area contributed by atoms with Crippen LogP contribution < -0.4 is 10.8 Å². The van der Waals surface area contributed by atoms with Crippen molar-refractivity contribution in [3.8, 4) is 0 Å². The molecule has 4 N–H and O–H groups in total. The summed E-state index contributed by atoms with van der Waals surface area (Å²) in [6.07, 6.45) is 5.11. The quantitative estimate of drug-likeness (QED) is 0.208. The lowest BCUT2D eigenvalue weighted by atomic mass is 10.0. The first-order valence-electron chi connectivity index (χ1n) is 9.85. The molecule has 0 atom stereocenters. The normalized spacial score (nSPS) is 13.7. The molecular weight excluding hydrogens is 382 g/mol. The van der Waals surface area contributed by atoms with Crippen LogP contribution in [0.3, 0.4) is 0 Å². The van der Waals surface area contributed by atoms with Gasteiger partial charge in [-0.25, -0.2) is 5.48 Å². The highest BCUT2D eigenvalue weighted by molar-refractivity contribution is 7.98. The van der Waals surface area contributed by atoms with E-state index in [1.807, 2.05) is 36.0 Å². The van der Waals surface area contributed by atoms with Gasteiger partial charge in [0.2, 0.25) is 0 Å². The van der Waals surface area contributed by atoms with Gasteiger partial charge in [-0.1, -0.05) is 42.5 Å². The van der Waals surface area contributed by atoms with Crippen molar-refractivity contribution in [3.05, 3.63) is 76.5 Å². The molecule has 0 radical (unpaired) electrons. The van der Waals surface area contributed by atoms with Crippen molar-refractivity contribution in [2.24, 2.45) is 0 Å². The van der Waals surface area contributed by atoms with Gasteiger partial charge in [0, 0.05) is 35.0 Å². The minimum Gasteiger partial charge on any atom is -0.357 e. The van der Waals surface area contributed by atoms with Gasteiger partial charge in [-0.2, -0.15) is 11.8 Å². The van der Waals surface area contributed by atoms with Crippen molar-refractivity contribution in [1.29, 1.82) is 0 Å². The summed E-state index contributed by atoms with van der Waals surface area (Å²) < 4.78 is 0. The van der Waals surface area contributed by atoms with E-state index in [-0.39, 0.29) is 0 Å². The standard InChI is InChI=1S/C23H25N3O2S/c27-22(26-28)9-8-16-4-6-17(7-5-16)14-24-12-10-18-2-1-3-20-19-11-13-29-15-21(19)25-23(18)20/h1-9,24-25,28H,10-15H2,(H,26,27)/b9-8+. The minimum absolute atomic E-state index is 0.535. The molecule has 29 heavy (non-hydrogen) atoms. The number of aryl methyl sites for hydroxylation is 1. The second-order valence-corrected chi connectivity index (χ2v) is 8.31. The maximum atomic E-state index is 11.0. The molecule has 0 aliphatic carbocycles. The van der Waals surface area contributed by atoms with E-state index in [1.54, 1.807) is 11.6 Å². The second-order valence-electron chi connectivity index (χ2n) is 7.20. The number of nitrogens with one attached hydrogen (secondary N) is 3. The van der Waals surface area contributed by atoms with Gasteiger partial charge in [0.1, 0.15) is 0 Å². The maximum Gasteiger partial charge on any atom is 0.267 e. The van der Waals surface area contributed by atoms with Crippen LogP contribution in [0, 0.1) is 0 Å². The van der Waals surface area contributed by atoms with Crippen LogP contribution in [-0.2, 0) is 29.9 Å². The number of hydroxylamine groups is 1. The average Bonchev–Trinajstić information content (AvgIpc) is 3.15. The van der Waals surface area contributed by atoms with Crippen LogP contribution in [0.4, 0.5) is 0 Å². The van der Waals surface area contributed by atoms with E-state index in [0.29, 0.717) is 0 Å². The van der Waals surface area contributed by atoms with Gasteiger partial charge in [0.15, 0.2) is 0 Å². The molecule has 1 aromatic heterocycles. The number of fused-ring (bicyclic) bond motifs is 3. The Balaban J connectivity index is 1.32. The Labute approximate surface area is 174 Å². The van der Waals surface area contributed by atoms with Crippen LogP contribution in [0.15, 0.2) is 48.5 Å². The molecule has 0 saturated carbocycles. The van der Waals surface area contributed by atoms with E-state index in [2.05, 4.69) is 28.5 Å². The number of aromatic nitrogens is 1. The lowest BCUT2D eigenvalue weighted by molar-refractivity contribution is -0.124. The number of amides is 1. The van der Waals surface area contributed by atoms with Crippen LogP contribution in [0.5, 0.6) is 0 Å². The van der Waals surface area contributed by atoms with Crippen molar-refractivity contribution in [2.75, 3.05) is 12.3 Å². The number of hydrogen-bond donors (Lipinski definition) is 4. The number of thioether (sulfide) groups is 1. The highest BCUT2D eigenvalue weighted by Gasteiger charge is 2.16. The van der Waals surface area contributed by atoms with Crippen molar-refractivity contribution in [2.45, 2.75) is 25.1 Å². The smallest absolute Gasteiger partial charge is 0.267 e. The number of para-hydroxylation sites is 1. The predicted molar refractivity (Wildman–Crippen MR) is 119 cm³/mol. The Hall–Kier alpha value is -2.54. The number of carbonyl (C=O) groups excluding carboxylic acids is 1. The summed E-state index contributed by atoms with van der Waals surface area (Å²) in [5.41, 5.74) is 9.29. The molecule has 0 spiro atoms. The molecule has 5 nitrogen and oxygen atoms in total. The molecule has 4 rings (SSSR count). The van der Waals surface area contributed by atoms with Crippen molar-refractivity contribution >= 4 is 34.6 Å². The molecule has 6 heteroatoms. The summed E-state index contributed by atoms with van der Waals surface area (Å²) in [4.78, 5) is 14.7. The summed E-state index contributed by atoms with van der Waals surface area (Å²) in [6, 6.07) is 14.7. The fraction of sp³-hybridized carbons (Fsp3) is 0.261. The van der Waals surface area contributed by atoms with E-state index in [4.69, 9.17) is 5.21 Å². The number of H-pyrrole nitrogens is 1. The van der Waals surface area contributed by atoms with Gasteiger partial charge in [-0.05, 0) is 53.5 Å². The number of aromatic amines is 1. The third kappa shape index (κ3) is 4.72. The molecule has 0 bridgehead atoms. The Bertz CT molecular complexity index is 1020. The second kappa shape index (κ2) is 9.31. The van der Waals surface area contributed by atoms with Crippen molar-refractivity contribution in [1.82, 2.24) is 15.8 Å². The van der Waals surface area contributed by atoms with Gasteiger partial charge in [-0.15, -0.1) is 0 Å². The third-order valence-corrected chi connectivity index (χ3v) is 6.26. The molecule has 0 fully saturated rings. The molecule has 1 aliphatic heterocycles.